The average Bonchev–Trinajstić information content (AvgIpc) is 2.83. The smallest absolute Gasteiger partial charge is 0.420 e. The van der Waals surface area contributed by atoms with E-state index in [2.05, 4.69) is 0 Å². The van der Waals surface area contributed by atoms with Gasteiger partial charge in [-0.05, 0) is 43.3 Å². The van der Waals surface area contributed by atoms with Crippen LogP contribution in [0.4, 0.5) is 0 Å². The van der Waals surface area contributed by atoms with E-state index in [1.807, 2.05) is 0 Å². The van der Waals surface area contributed by atoms with Crippen LogP contribution in [0.2, 0.25) is 5.02 Å². The zero-order valence-electron chi connectivity index (χ0n) is 12.6. The lowest BCUT2D eigenvalue weighted by atomic mass is 10.1. The third-order valence-electron chi connectivity index (χ3n) is 3.64. The number of carbonyl (C=O) groups excluding carboxylic acids is 1. The Bertz CT molecular complexity index is 955. The number of carbonyl (C=O) groups is 1. The molecule has 0 amide bonds. The van der Waals surface area contributed by atoms with Gasteiger partial charge in [0.1, 0.15) is 5.75 Å². The molecule has 0 fully saturated rings. The Morgan fingerprint density at radius 2 is 2.04 bits per heavy atom. The van der Waals surface area contributed by atoms with Crippen molar-refractivity contribution in [2.45, 2.75) is 13.5 Å². The largest absolute Gasteiger partial charge is 0.496 e. The summed E-state index contributed by atoms with van der Waals surface area (Å²) in [6.07, 6.45) is 0. The van der Waals surface area contributed by atoms with Crippen LogP contribution in [0.15, 0.2) is 45.6 Å². The summed E-state index contributed by atoms with van der Waals surface area (Å²) in [5.74, 6) is 0.0529. The van der Waals surface area contributed by atoms with Gasteiger partial charge < -0.3 is 9.15 Å². The molecule has 0 spiro atoms. The molecule has 2 aromatic carbocycles. The predicted molar refractivity (Wildman–Crippen MR) is 87.6 cm³/mol. The van der Waals surface area contributed by atoms with E-state index in [4.69, 9.17) is 20.8 Å². The number of ketones is 1. The van der Waals surface area contributed by atoms with E-state index in [-0.39, 0.29) is 12.3 Å². The number of aromatic nitrogens is 1. The van der Waals surface area contributed by atoms with E-state index in [0.29, 0.717) is 33.0 Å². The second kappa shape index (κ2) is 5.93. The monoisotopic (exact) mass is 331 g/mol. The van der Waals surface area contributed by atoms with Gasteiger partial charge in [0, 0.05) is 16.1 Å². The zero-order valence-corrected chi connectivity index (χ0v) is 13.4. The number of Topliss-reactive ketones (excluding diaryl/α,β-unsaturated/α-hetero) is 1. The minimum absolute atomic E-state index is 0.0543. The molecule has 0 aliphatic carbocycles. The molecule has 1 heterocycles. The molecular weight excluding hydrogens is 318 g/mol. The van der Waals surface area contributed by atoms with Crippen LogP contribution in [-0.4, -0.2) is 17.5 Å². The molecule has 23 heavy (non-hydrogen) atoms. The molecule has 0 atom stereocenters. The fraction of sp³-hybridized carbons (Fsp3) is 0.176. The van der Waals surface area contributed by atoms with Crippen LogP contribution in [0, 0.1) is 0 Å². The Hall–Kier alpha value is -2.53. The maximum Gasteiger partial charge on any atom is 0.420 e. The lowest BCUT2D eigenvalue weighted by Gasteiger charge is -2.10. The molecule has 0 bridgehead atoms. The van der Waals surface area contributed by atoms with Gasteiger partial charge in [-0.1, -0.05) is 11.6 Å². The molecule has 0 N–H and O–H groups in total. The van der Waals surface area contributed by atoms with Gasteiger partial charge in [0.25, 0.3) is 0 Å². The molecule has 6 heteroatoms. The minimum atomic E-state index is -0.488. The fourth-order valence-corrected chi connectivity index (χ4v) is 2.64. The van der Waals surface area contributed by atoms with Crippen LogP contribution < -0.4 is 10.5 Å². The van der Waals surface area contributed by atoms with Gasteiger partial charge in [-0.25, -0.2) is 4.79 Å². The molecule has 0 aliphatic heterocycles. The number of hydrogen-bond acceptors (Lipinski definition) is 4. The number of benzene rings is 2. The molecule has 0 aliphatic rings. The summed E-state index contributed by atoms with van der Waals surface area (Å²) in [6.45, 7) is 1.71. The number of oxazole rings is 1. The fourth-order valence-electron chi connectivity index (χ4n) is 2.48. The summed E-state index contributed by atoms with van der Waals surface area (Å²) < 4.78 is 12.0. The molecule has 0 saturated heterocycles. The highest BCUT2D eigenvalue weighted by atomic mass is 35.5. The Labute approximate surface area is 137 Å². The molecule has 0 radical (unpaired) electrons. The highest BCUT2D eigenvalue weighted by Gasteiger charge is 2.14. The van der Waals surface area contributed by atoms with Gasteiger partial charge in [0.05, 0.1) is 19.2 Å². The van der Waals surface area contributed by atoms with Crippen molar-refractivity contribution >= 4 is 28.5 Å². The first-order chi connectivity index (χ1) is 11.0. The number of halogens is 1. The Kier molecular flexibility index (Phi) is 3.96. The highest BCUT2D eigenvalue weighted by molar-refractivity contribution is 6.31. The number of hydrogen-bond donors (Lipinski definition) is 0. The van der Waals surface area contributed by atoms with Gasteiger partial charge in [0.15, 0.2) is 11.4 Å². The second-order valence-corrected chi connectivity index (χ2v) is 5.59. The highest BCUT2D eigenvalue weighted by Crippen LogP contribution is 2.24. The molecule has 3 aromatic rings. The normalized spacial score (nSPS) is 10.9. The summed E-state index contributed by atoms with van der Waals surface area (Å²) >= 11 is 6.00. The summed E-state index contributed by atoms with van der Waals surface area (Å²) in [6, 6.07) is 10.1. The average molecular weight is 332 g/mol. The quantitative estimate of drug-likeness (QED) is 0.686. The molecule has 1 aromatic heterocycles. The number of ether oxygens (including phenoxy) is 1. The first kappa shape index (κ1) is 15.4. The number of rotatable bonds is 4. The van der Waals surface area contributed by atoms with E-state index >= 15 is 0 Å². The van der Waals surface area contributed by atoms with Crippen LogP contribution >= 0.6 is 11.6 Å². The van der Waals surface area contributed by atoms with E-state index < -0.39 is 5.76 Å². The molecular formula is C17H14ClNO4. The van der Waals surface area contributed by atoms with E-state index in [0.717, 1.165) is 0 Å². The van der Waals surface area contributed by atoms with Gasteiger partial charge in [-0.3, -0.25) is 9.36 Å². The van der Waals surface area contributed by atoms with Crippen molar-refractivity contribution in [3.8, 4) is 5.75 Å². The van der Waals surface area contributed by atoms with Crippen molar-refractivity contribution in [1.29, 1.82) is 0 Å². The van der Waals surface area contributed by atoms with Crippen molar-refractivity contribution in [3.05, 3.63) is 63.1 Å². The summed E-state index contributed by atoms with van der Waals surface area (Å²) in [7, 11) is 1.54. The van der Waals surface area contributed by atoms with Crippen LogP contribution in [0.3, 0.4) is 0 Å². The molecule has 118 valence electrons. The Morgan fingerprint density at radius 1 is 1.26 bits per heavy atom. The number of methoxy groups -OCH3 is 1. The van der Waals surface area contributed by atoms with Crippen molar-refractivity contribution in [3.63, 3.8) is 0 Å². The zero-order chi connectivity index (χ0) is 16.6. The van der Waals surface area contributed by atoms with Crippen molar-refractivity contribution < 1.29 is 13.9 Å². The van der Waals surface area contributed by atoms with Crippen LogP contribution in [0.1, 0.15) is 22.8 Å². The van der Waals surface area contributed by atoms with Gasteiger partial charge in [0.2, 0.25) is 0 Å². The third kappa shape index (κ3) is 2.87. The van der Waals surface area contributed by atoms with Crippen LogP contribution in [0.5, 0.6) is 5.75 Å². The second-order valence-electron chi connectivity index (χ2n) is 5.15. The number of fused-ring (bicyclic) bond motifs is 1. The minimum Gasteiger partial charge on any atom is -0.496 e. The van der Waals surface area contributed by atoms with Gasteiger partial charge in [-0.2, -0.15) is 0 Å². The summed E-state index contributed by atoms with van der Waals surface area (Å²) in [5, 5.41) is 0.511. The van der Waals surface area contributed by atoms with Crippen molar-refractivity contribution in [2.75, 3.05) is 7.11 Å². The lowest BCUT2D eigenvalue weighted by Crippen LogP contribution is -2.15. The van der Waals surface area contributed by atoms with Gasteiger partial charge >= 0.3 is 5.76 Å². The van der Waals surface area contributed by atoms with Gasteiger partial charge in [-0.15, -0.1) is 0 Å². The predicted octanol–water partition coefficient (Wildman–Crippen LogP) is 3.51. The topological polar surface area (TPSA) is 61.4 Å². The maximum absolute atomic E-state index is 12.1. The van der Waals surface area contributed by atoms with E-state index in [1.165, 1.54) is 11.5 Å². The Morgan fingerprint density at radius 3 is 2.74 bits per heavy atom. The number of nitrogens with zero attached hydrogens (tertiary/aromatic N) is 1. The Balaban J connectivity index is 2.13. The lowest BCUT2D eigenvalue weighted by molar-refractivity contribution is 0.101. The summed E-state index contributed by atoms with van der Waals surface area (Å²) in [4.78, 5) is 23.7. The first-order valence-electron chi connectivity index (χ1n) is 6.96. The summed E-state index contributed by atoms with van der Waals surface area (Å²) in [5.41, 5.74) is 2.32. The third-order valence-corrected chi connectivity index (χ3v) is 3.88. The first-order valence-corrected chi connectivity index (χ1v) is 7.34. The van der Waals surface area contributed by atoms with Crippen molar-refractivity contribution in [1.82, 2.24) is 4.57 Å². The molecule has 0 saturated carbocycles. The maximum atomic E-state index is 12.1. The van der Waals surface area contributed by atoms with E-state index in [9.17, 15) is 9.59 Å². The standard InChI is InChI=1S/C17H14ClNO4/c1-10(20)11-3-5-15(22-2)12(7-11)9-19-14-8-13(18)4-6-16(14)23-17(19)21/h3-8H,9H2,1-2H3. The molecule has 0 unspecified atom stereocenters. The SMILES string of the molecule is COc1ccc(C(C)=O)cc1Cn1c(=O)oc2ccc(Cl)cc21. The molecule has 3 rings (SSSR count). The molecule has 5 nitrogen and oxygen atoms in total. The van der Waals surface area contributed by atoms with E-state index in [1.54, 1.807) is 43.5 Å². The van der Waals surface area contributed by atoms with Crippen LogP contribution in [0.25, 0.3) is 11.1 Å². The van der Waals surface area contributed by atoms with Crippen molar-refractivity contribution in [2.24, 2.45) is 0 Å². The van der Waals surface area contributed by atoms with Crippen LogP contribution in [-0.2, 0) is 6.54 Å².